The molecule has 0 saturated heterocycles. The molecule has 11 heteroatoms. The molecule has 0 saturated carbocycles. The first kappa shape index (κ1) is 27.6. The van der Waals surface area contributed by atoms with Crippen molar-refractivity contribution in [1.82, 2.24) is 19.7 Å². The highest BCUT2D eigenvalue weighted by molar-refractivity contribution is 7.09. The van der Waals surface area contributed by atoms with E-state index in [-0.39, 0.29) is 6.42 Å². The maximum Gasteiger partial charge on any atom is 0.326 e. The molecule has 1 atom stereocenters. The highest BCUT2D eigenvalue weighted by Crippen LogP contribution is 2.23. The molecule has 9 nitrogen and oxygen atoms in total. The van der Waals surface area contributed by atoms with Crippen molar-refractivity contribution in [1.29, 1.82) is 0 Å². The maximum absolute atomic E-state index is 13.8. The Balaban J connectivity index is 1.40. The van der Waals surface area contributed by atoms with E-state index in [1.54, 1.807) is 44.5 Å². The van der Waals surface area contributed by atoms with Crippen LogP contribution >= 0.6 is 11.5 Å². The summed E-state index contributed by atoms with van der Waals surface area (Å²) < 4.78 is 23.4. The number of aryl methyl sites for hydroxylation is 2. The van der Waals surface area contributed by atoms with Crippen LogP contribution in [0.15, 0.2) is 54.7 Å². The van der Waals surface area contributed by atoms with Crippen LogP contribution < -0.4 is 15.4 Å². The summed E-state index contributed by atoms with van der Waals surface area (Å²) in [5.41, 5.74) is 2.87. The van der Waals surface area contributed by atoms with Gasteiger partial charge < -0.3 is 20.5 Å². The fourth-order valence-electron chi connectivity index (χ4n) is 4.11. The summed E-state index contributed by atoms with van der Waals surface area (Å²) in [6.07, 6.45) is 2.18. The predicted molar refractivity (Wildman–Crippen MR) is 147 cm³/mol. The number of hydrogen-bond acceptors (Lipinski definition) is 8. The van der Waals surface area contributed by atoms with Gasteiger partial charge in [-0.2, -0.15) is 4.37 Å². The number of carbonyl (C=O) groups is 2. The molecule has 0 aliphatic carbocycles. The summed E-state index contributed by atoms with van der Waals surface area (Å²) in [7, 11) is 1.59. The fraction of sp³-hybridized carbons (Fsp3) is 0.250. The average molecular weight is 550 g/mol. The molecular weight excluding hydrogens is 521 g/mol. The summed E-state index contributed by atoms with van der Waals surface area (Å²) in [5.74, 6) is -0.163. The van der Waals surface area contributed by atoms with Gasteiger partial charge in [0.25, 0.3) is 5.91 Å². The Morgan fingerprint density at radius 1 is 1.15 bits per heavy atom. The van der Waals surface area contributed by atoms with Gasteiger partial charge in [0.2, 0.25) is 0 Å². The van der Waals surface area contributed by atoms with Crippen LogP contribution in [0, 0.1) is 12.7 Å². The summed E-state index contributed by atoms with van der Waals surface area (Å²) in [5, 5.41) is 16.2. The van der Waals surface area contributed by atoms with E-state index >= 15 is 0 Å². The minimum atomic E-state index is -1.16. The number of aromatic nitrogens is 3. The Hall–Kier alpha value is -4.38. The molecule has 0 spiro atoms. The molecule has 0 radical (unpaired) electrons. The van der Waals surface area contributed by atoms with Crippen LogP contribution in [0.1, 0.15) is 39.8 Å². The number of anilines is 1. The van der Waals surface area contributed by atoms with Gasteiger partial charge in [0.15, 0.2) is 5.82 Å². The van der Waals surface area contributed by atoms with Gasteiger partial charge in [-0.1, -0.05) is 31.2 Å². The van der Waals surface area contributed by atoms with Gasteiger partial charge in [0, 0.05) is 29.8 Å². The second-order valence-electron chi connectivity index (χ2n) is 8.83. The van der Waals surface area contributed by atoms with Crippen molar-refractivity contribution < 1.29 is 23.8 Å². The van der Waals surface area contributed by atoms with Gasteiger partial charge in [-0.05, 0) is 59.8 Å². The van der Waals surface area contributed by atoms with Crippen molar-refractivity contribution in [3.63, 3.8) is 0 Å². The lowest BCUT2D eigenvalue weighted by Gasteiger charge is -2.17. The molecule has 0 aliphatic rings. The van der Waals surface area contributed by atoms with Gasteiger partial charge >= 0.3 is 5.97 Å². The standard InChI is InChI=1S/C28H28FN5O4S/c1-4-18-13-20(29)11-16(2)25(18)26(35)32-22(28(36)37)12-17-5-7-19(8-6-17)27-33-24(34-39-27)15-31-23-14-21(38-3)9-10-30-23/h5-11,13-14,22H,4,12,15H2,1-3H3,(H,30,31)(H,32,35)(H,36,37). The van der Waals surface area contributed by atoms with Crippen molar-refractivity contribution in [2.75, 3.05) is 12.4 Å². The summed E-state index contributed by atoms with van der Waals surface area (Å²) in [6, 6.07) is 12.3. The number of aliphatic carboxylic acids is 1. The Kier molecular flexibility index (Phi) is 8.82. The summed E-state index contributed by atoms with van der Waals surface area (Å²) in [6.45, 7) is 3.84. The van der Waals surface area contributed by atoms with Crippen molar-refractivity contribution in [3.8, 4) is 16.3 Å². The van der Waals surface area contributed by atoms with Crippen LogP contribution in [-0.2, 0) is 24.2 Å². The number of nitrogens with zero attached hydrogens (tertiary/aromatic N) is 3. The number of hydrogen-bond donors (Lipinski definition) is 3. The zero-order valence-corrected chi connectivity index (χ0v) is 22.5. The Morgan fingerprint density at radius 2 is 1.92 bits per heavy atom. The fourth-order valence-corrected chi connectivity index (χ4v) is 4.80. The number of methoxy groups -OCH3 is 1. The van der Waals surface area contributed by atoms with Crippen molar-refractivity contribution >= 4 is 29.2 Å². The van der Waals surface area contributed by atoms with Crippen LogP contribution in [0.5, 0.6) is 5.75 Å². The minimum Gasteiger partial charge on any atom is -0.497 e. The highest BCUT2D eigenvalue weighted by atomic mass is 32.1. The molecule has 4 aromatic rings. The molecule has 2 heterocycles. The zero-order chi connectivity index (χ0) is 27.9. The van der Waals surface area contributed by atoms with Crippen LogP contribution in [-0.4, -0.2) is 44.5 Å². The largest absolute Gasteiger partial charge is 0.497 e. The van der Waals surface area contributed by atoms with Gasteiger partial charge in [0.1, 0.15) is 28.4 Å². The average Bonchev–Trinajstić information content (AvgIpc) is 3.40. The molecular formula is C28H28FN5O4S. The van der Waals surface area contributed by atoms with Gasteiger partial charge in [-0.25, -0.2) is 19.2 Å². The molecule has 39 heavy (non-hydrogen) atoms. The molecule has 1 amide bonds. The molecule has 4 rings (SSSR count). The van der Waals surface area contributed by atoms with Gasteiger partial charge in [-0.15, -0.1) is 0 Å². The van der Waals surface area contributed by atoms with E-state index in [1.165, 1.54) is 23.7 Å². The third-order valence-corrected chi connectivity index (χ3v) is 6.90. The number of benzene rings is 2. The lowest BCUT2D eigenvalue weighted by atomic mass is 9.98. The van der Waals surface area contributed by atoms with Crippen molar-refractivity contribution in [3.05, 3.63) is 88.6 Å². The molecule has 202 valence electrons. The molecule has 0 bridgehead atoms. The smallest absolute Gasteiger partial charge is 0.326 e. The normalized spacial score (nSPS) is 11.6. The topological polar surface area (TPSA) is 126 Å². The minimum absolute atomic E-state index is 0.0852. The lowest BCUT2D eigenvalue weighted by Crippen LogP contribution is -2.42. The lowest BCUT2D eigenvalue weighted by molar-refractivity contribution is -0.139. The molecule has 1 unspecified atom stereocenters. The second kappa shape index (κ2) is 12.4. The number of amides is 1. The second-order valence-corrected chi connectivity index (χ2v) is 9.58. The van der Waals surface area contributed by atoms with E-state index in [9.17, 15) is 19.1 Å². The monoisotopic (exact) mass is 549 g/mol. The predicted octanol–water partition coefficient (Wildman–Crippen LogP) is 4.66. The molecule has 0 fully saturated rings. The first-order valence-corrected chi connectivity index (χ1v) is 13.0. The van der Waals surface area contributed by atoms with Gasteiger partial charge in [0.05, 0.1) is 13.7 Å². The van der Waals surface area contributed by atoms with Crippen LogP contribution in [0.25, 0.3) is 10.6 Å². The number of nitrogens with one attached hydrogen (secondary N) is 2. The van der Waals surface area contributed by atoms with Gasteiger partial charge in [-0.3, -0.25) is 4.79 Å². The number of rotatable bonds is 11. The first-order chi connectivity index (χ1) is 18.8. The van der Waals surface area contributed by atoms with Crippen LogP contribution in [0.2, 0.25) is 0 Å². The first-order valence-electron chi connectivity index (χ1n) is 12.3. The highest BCUT2D eigenvalue weighted by Gasteiger charge is 2.24. The molecule has 2 aromatic carbocycles. The SMILES string of the molecule is CCc1cc(F)cc(C)c1C(=O)NC(Cc1ccc(-c2nc(CNc3cc(OC)ccn3)ns2)cc1)C(=O)O. The number of halogens is 1. The number of pyridine rings is 1. The third-order valence-electron chi connectivity index (χ3n) is 6.10. The zero-order valence-electron chi connectivity index (χ0n) is 21.7. The molecule has 2 aromatic heterocycles. The number of carboxylic acid groups (broad SMARTS) is 1. The Bertz CT molecular complexity index is 1480. The molecule has 0 aliphatic heterocycles. The Morgan fingerprint density at radius 3 is 2.62 bits per heavy atom. The Labute approximate surface area is 229 Å². The van der Waals surface area contributed by atoms with Crippen molar-refractivity contribution in [2.24, 2.45) is 0 Å². The van der Waals surface area contributed by atoms with Crippen LogP contribution in [0.4, 0.5) is 10.2 Å². The summed E-state index contributed by atoms with van der Waals surface area (Å²) >= 11 is 1.26. The van der Waals surface area contributed by atoms with E-state index in [4.69, 9.17) is 4.74 Å². The number of ether oxygens (including phenoxy) is 1. The van der Waals surface area contributed by atoms with E-state index in [1.807, 2.05) is 19.1 Å². The third kappa shape index (κ3) is 6.94. The summed E-state index contributed by atoms with van der Waals surface area (Å²) in [4.78, 5) is 33.7. The van der Waals surface area contributed by atoms with E-state index in [0.717, 1.165) is 16.1 Å². The number of carbonyl (C=O) groups excluding carboxylic acids is 1. The number of carboxylic acids is 1. The maximum atomic E-state index is 13.8. The molecule has 3 N–H and O–H groups in total. The van der Waals surface area contributed by atoms with Crippen LogP contribution in [0.3, 0.4) is 0 Å². The quantitative estimate of drug-likeness (QED) is 0.247. The van der Waals surface area contributed by atoms with E-state index in [2.05, 4.69) is 25.0 Å². The van der Waals surface area contributed by atoms with E-state index < -0.39 is 23.7 Å². The van der Waals surface area contributed by atoms with E-state index in [0.29, 0.717) is 47.0 Å². The van der Waals surface area contributed by atoms with Crippen molar-refractivity contribution in [2.45, 2.75) is 39.3 Å².